The molecular weight excluding hydrogens is 258 g/mol. The van der Waals surface area contributed by atoms with Gasteiger partial charge < -0.3 is 10.6 Å². The van der Waals surface area contributed by atoms with E-state index < -0.39 is 0 Å². The summed E-state index contributed by atoms with van der Waals surface area (Å²) in [4.78, 5) is 16.1. The van der Waals surface area contributed by atoms with Gasteiger partial charge in [0.2, 0.25) is 0 Å². The van der Waals surface area contributed by atoms with Crippen molar-refractivity contribution in [3.8, 4) is 0 Å². The van der Waals surface area contributed by atoms with E-state index in [9.17, 15) is 4.79 Å². The van der Waals surface area contributed by atoms with E-state index in [0.717, 1.165) is 24.2 Å². The van der Waals surface area contributed by atoms with Crippen molar-refractivity contribution in [1.82, 2.24) is 10.3 Å². The Balaban J connectivity index is 1.94. The Kier molecular flexibility index (Phi) is 4.92. The number of carbonyl (C=O) groups is 1. The first-order valence-corrected chi connectivity index (χ1v) is 7.23. The van der Waals surface area contributed by atoms with Crippen LogP contribution in [0.15, 0.2) is 35.2 Å². The zero-order valence-electron chi connectivity index (χ0n) is 10.8. The molecule has 0 fully saturated rings. The van der Waals surface area contributed by atoms with E-state index in [1.807, 2.05) is 22.9 Å². The standard InChI is InChI=1S/C14H17N3OS/c1-2-5-15-12-3-6-16-13(8-12)14(18)17-9-11-4-7-19-10-11/h3-4,6-8,10H,2,5,9H2,1H3,(H,15,16)(H,17,18). The van der Waals surface area contributed by atoms with Crippen LogP contribution in [0.4, 0.5) is 5.69 Å². The molecular formula is C14H17N3OS. The molecule has 2 aromatic heterocycles. The van der Waals surface area contributed by atoms with Gasteiger partial charge in [-0.3, -0.25) is 9.78 Å². The summed E-state index contributed by atoms with van der Waals surface area (Å²) in [5.74, 6) is -0.147. The molecule has 0 bridgehead atoms. The molecule has 0 aliphatic rings. The van der Waals surface area contributed by atoms with Gasteiger partial charge in [-0.15, -0.1) is 0 Å². The Labute approximate surface area is 116 Å². The Morgan fingerprint density at radius 2 is 2.32 bits per heavy atom. The minimum absolute atomic E-state index is 0.147. The van der Waals surface area contributed by atoms with E-state index in [1.54, 1.807) is 23.6 Å². The Morgan fingerprint density at radius 3 is 3.05 bits per heavy atom. The van der Waals surface area contributed by atoms with E-state index >= 15 is 0 Å². The predicted molar refractivity (Wildman–Crippen MR) is 78.5 cm³/mol. The largest absolute Gasteiger partial charge is 0.385 e. The van der Waals surface area contributed by atoms with E-state index in [0.29, 0.717) is 12.2 Å². The molecule has 0 saturated heterocycles. The maximum absolute atomic E-state index is 12.0. The summed E-state index contributed by atoms with van der Waals surface area (Å²) in [5.41, 5.74) is 2.48. The van der Waals surface area contributed by atoms with E-state index in [-0.39, 0.29) is 5.91 Å². The highest BCUT2D eigenvalue weighted by molar-refractivity contribution is 7.07. The third-order valence-corrected chi connectivity index (χ3v) is 3.34. The average molecular weight is 275 g/mol. The minimum atomic E-state index is -0.147. The van der Waals surface area contributed by atoms with Crippen molar-refractivity contribution in [2.45, 2.75) is 19.9 Å². The van der Waals surface area contributed by atoms with Crippen molar-refractivity contribution in [2.75, 3.05) is 11.9 Å². The molecule has 0 spiro atoms. The third kappa shape index (κ3) is 4.06. The minimum Gasteiger partial charge on any atom is -0.385 e. The summed E-state index contributed by atoms with van der Waals surface area (Å²) in [6, 6.07) is 5.64. The van der Waals surface area contributed by atoms with Gasteiger partial charge in [-0.2, -0.15) is 11.3 Å². The number of anilines is 1. The summed E-state index contributed by atoms with van der Waals surface area (Å²) >= 11 is 1.62. The number of carbonyl (C=O) groups excluding carboxylic acids is 1. The van der Waals surface area contributed by atoms with Crippen molar-refractivity contribution in [2.24, 2.45) is 0 Å². The van der Waals surface area contributed by atoms with Crippen LogP contribution in [0.25, 0.3) is 0 Å². The number of nitrogens with zero attached hydrogens (tertiary/aromatic N) is 1. The lowest BCUT2D eigenvalue weighted by atomic mass is 10.2. The van der Waals surface area contributed by atoms with Crippen LogP contribution in [0, 0.1) is 0 Å². The summed E-state index contributed by atoms with van der Waals surface area (Å²) in [7, 11) is 0. The number of nitrogens with one attached hydrogen (secondary N) is 2. The summed E-state index contributed by atoms with van der Waals surface area (Å²) < 4.78 is 0. The Morgan fingerprint density at radius 1 is 1.42 bits per heavy atom. The van der Waals surface area contributed by atoms with Gasteiger partial charge in [-0.05, 0) is 40.9 Å². The molecule has 2 rings (SSSR count). The second kappa shape index (κ2) is 6.89. The molecule has 19 heavy (non-hydrogen) atoms. The van der Waals surface area contributed by atoms with Crippen molar-refractivity contribution in [3.63, 3.8) is 0 Å². The fraction of sp³-hybridized carbons (Fsp3) is 0.286. The fourth-order valence-electron chi connectivity index (χ4n) is 1.60. The van der Waals surface area contributed by atoms with E-state index in [1.165, 1.54) is 0 Å². The first-order chi connectivity index (χ1) is 9.29. The molecule has 4 nitrogen and oxygen atoms in total. The maximum atomic E-state index is 12.0. The molecule has 100 valence electrons. The Hall–Kier alpha value is -1.88. The van der Waals surface area contributed by atoms with Crippen LogP contribution in [-0.2, 0) is 6.54 Å². The molecule has 0 aliphatic heterocycles. The molecule has 0 aliphatic carbocycles. The summed E-state index contributed by atoms with van der Waals surface area (Å²) in [6.45, 7) is 3.53. The van der Waals surface area contributed by atoms with Gasteiger partial charge in [-0.25, -0.2) is 0 Å². The van der Waals surface area contributed by atoms with Crippen LogP contribution in [0.5, 0.6) is 0 Å². The SMILES string of the molecule is CCCNc1ccnc(C(=O)NCc2ccsc2)c1. The van der Waals surface area contributed by atoms with Gasteiger partial charge in [0, 0.05) is 25.0 Å². The van der Waals surface area contributed by atoms with Gasteiger partial charge in [0.05, 0.1) is 0 Å². The Bertz CT molecular complexity index is 525. The van der Waals surface area contributed by atoms with Crippen LogP contribution in [-0.4, -0.2) is 17.4 Å². The molecule has 0 atom stereocenters. The zero-order chi connectivity index (χ0) is 13.5. The van der Waals surface area contributed by atoms with Gasteiger partial charge in [0.15, 0.2) is 0 Å². The van der Waals surface area contributed by atoms with Crippen molar-refractivity contribution in [3.05, 3.63) is 46.4 Å². The monoisotopic (exact) mass is 275 g/mol. The topological polar surface area (TPSA) is 54.0 Å². The quantitative estimate of drug-likeness (QED) is 0.852. The van der Waals surface area contributed by atoms with Crippen molar-refractivity contribution >= 4 is 22.9 Å². The van der Waals surface area contributed by atoms with Crippen molar-refractivity contribution in [1.29, 1.82) is 0 Å². The van der Waals surface area contributed by atoms with Crippen LogP contribution in [0.1, 0.15) is 29.4 Å². The number of amides is 1. The zero-order valence-corrected chi connectivity index (χ0v) is 11.7. The van der Waals surface area contributed by atoms with Gasteiger partial charge >= 0.3 is 0 Å². The first kappa shape index (κ1) is 13.5. The molecule has 2 N–H and O–H groups in total. The second-order valence-electron chi connectivity index (χ2n) is 4.17. The number of thiophene rings is 1. The molecule has 2 heterocycles. The summed E-state index contributed by atoms with van der Waals surface area (Å²) in [6.07, 6.45) is 2.69. The van der Waals surface area contributed by atoms with E-state index in [4.69, 9.17) is 0 Å². The molecule has 0 radical (unpaired) electrons. The van der Waals surface area contributed by atoms with Crippen LogP contribution in [0.3, 0.4) is 0 Å². The fourth-order valence-corrected chi connectivity index (χ4v) is 2.27. The lowest BCUT2D eigenvalue weighted by Gasteiger charge is -2.07. The van der Waals surface area contributed by atoms with Crippen LogP contribution < -0.4 is 10.6 Å². The average Bonchev–Trinajstić information content (AvgIpc) is 2.96. The van der Waals surface area contributed by atoms with Crippen LogP contribution in [0.2, 0.25) is 0 Å². The number of rotatable bonds is 6. The van der Waals surface area contributed by atoms with Gasteiger partial charge in [0.25, 0.3) is 5.91 Å². The van der Waals surface area contributed by atoms with E-state index in [2.05, 4.69) is 22.5 Å². The number of pyridine rings is 1. The highest BCUT2D eigenvalue weighted by Crippen LogP contribution is 2.09. The highest BCUT2D eigenvalue weighted by Gasteiger charge is 2.07. The highest BCUT2D eigenvalue weighted by atomic mass is 32.1. The van der Waals surface area contributed by atoms with Gasteiger partial charge in [-0.1, -0.05) is 6.92 Å². The second-order valence-corrected chi connectivity index (χ2v) is 4.95. The molecule has 2 aromatic rings. The normalized spacial score (nSPS) is 10.2. The number of hydrogen-bond donors (Lipinski definition) is 2. The molecule has 0 aromatic carbocycles. The lowest BCUT2D eigenvalue weighted by molar-refractivity contribution is 0.0946. The molecule has 5 heteroatoms. The molecule has 1 amide bonds. The van der Waals surface area contributed by atoms with Crippen LogP contribution >= 0.6 is 11.3 Å². The lowest BCUT2D eigenvalue weighted by Crippen LogP contribution is -2.23. The molecule has 0 unspecified atom stereocenters. The summed E-state index contributed by atoms with van der Waals surface area (Å²) in [5, 5.41) is 10.1. The first-order valence-electron chi connectivity index (χ1n) is 6.29. The predicted octanol–water partition coefficient (Wildman–Crippen LogP) is 2.90. The van der Waals surface area contributed by atoms with Gasteiger partial charge in [0.1, 0.15) is 5.69 Å². The molecule has 0 saturated carbocycles. The number of aromatic nitrogens is 1. The third-order valence-electron chi connectivity index (χ3n) is 2.60. The maximum Gasteiger partial charge on any atom is 0.270 e. The van der Waals surface area contributed by atoms with Crippen molar-refractivity contribution < 1.29 is 4.79 Å². The number of hydrogen-bond acceptors (Lipinski definition) is 4. The smallest absolute Gasteiger partial charge is 0.270 e.